The highest BCUT2D eigenvalue weighted by Gasteiger charge is 2.00. The molecule has 1 heterocycles. The molecule has 2 aromatic rings. The van der Waals surface area contributed by atoms with Crippen molar-refractivity contribution in [1.82, 2.24) is 4.37 Å². The van der Waals surface area contributed by atoms with Gasteiger partial charge in [-0.2, -0.15) is 0 Å². The normalized spacial score (nSPS) is 11.3. The number of aliphatic hydroxyl groups is 1. The molecule has 80 valence electrons. The summed E-state index contributed by atoms with van der Waals surface area (Å²) in [5.41, 5.74) is 1.20. The summed E-state index contributed by atoms with van der Waals surface area (Å²) in [6.07, 6.45) is 1.77. The van der Waals surface area contributed by atoms with Crippen molar-refractivity contribution in [2.24, 2.45) is 0 Å². The molecule has 0 aliphatic carbocycles. The van der Waals surface area contributed by atoms with E-state index in [1.165, 1.54) is 17.1 Å². The first-order valence-corrected chi connectivity index (χ1v) is 5.68. The smallest absolute Gasteiger partial charge is 0.0497 e. The molecule has 0 fully saturated rings. The third kappa shape index (κ3) is 4.72. The van der Waals surface area contributed by atoms with Gasteiger partial charge in [-0.1, -0.05) is 37.3 Å². The third-order valence-electron chi connectivity index (χ3n) is 1.99. The van der Waals surface area contributed by atoms with Crippen LogP contribution in [0, 0.1) is 0 Å². The van der Waals surface area contributed by atoms with Gasteiger partial charge in [0.1, 0.15) is 0 Å². The van der Waals surface area contributed by atoms with Gasteiger partial charge in [-0.3, -0.25) is 0 Å². The standard InChI is InChI=1S/C9H12O.C3H3NS/c1-8(7-10)9-5-3-2-4-6-9;1-2-4-5-3-1/h2-6,8,10H,7H2,1H3;1-3H. The maximum absolute atomic E-state index is 8.79. The summed E-state index contributed by atoms with van der Waals surface area (Å²) in [6.45, 7) is 2.24. The number of rotatable bonds is 2. The molecule has 0 aliphatic rings. The molecule has 0 bridgehead atoms. The SMILES string of the molecule is CC(CO)c1ccccc1.c1cnsc1. The van der Waals surface area contributed by atoms with Gasteiger partial charge in [0.2, 0.25) is 0 Å². The summed E-state index contributed by atoms with van der Waals surface area (Å²) in [5, 5.41) is 10.7. The van der Waals surface area contributed by atoms with E-state index in [-0.39, 0.29) is 12.5 Å². The molecule has 15 heavy (non-hydrogen) atoms. The summed E-state index contributed by atoms with van der Waals surface area (Å²) in [4.78, 5) is 0. The van der Waals surface area contributed by atoms with Crippen molar-refractivity contribution in [2.45, 2.75) is 12.8 Å². The average Bonchev–Trinajstić information content (AvgIpc) is 2.88. The summed E-state index contributed by atoms with van der Waals surface area (Å²) in [7, 11) is 0. The molecule has 0 saturated heterocycles. The first-order valence-electron chi connectivity index (χ1n) is 4.84. The highest BCUT2D eigenvalue weighted by Crippen LogP contribution is 2.12. The fourth-order valence-corrected chi connectivity index (χ4v) is 1.41. The molecule has 0 aliphatic heterocycles. The Morgan fingerprint density at radius 1 is 1.27 bits per heavy atom. The highest BCUT2D eigenvalue weighted by atomic mass is 32.1. The monoisotopic (exact) mass is 221 g/mol. The molecule has 0 spiro atoms. The van der Waals surface area contributed by atoms with Gasteiger partial charge in [0.25, 0.3) is 0 Å². The van der Waals surface area contributed by atoms with Gasteiger partial charge in [0.05, 0.1) is 0 Å². The Morgan fingerprint density at radius 2 is 2.00 bits per heavy atom. The Kier molecular flexibility index (Phi) is 5.66. The lowest BCUT2D eigenvalue weighted by molar-refractivity contribution is 0.273. The van der Waals surface area contributed by atoms with Crippen molar-refractivity contribution < 1.29 is 5.11 Å². The molecule has 1 aromatic carbocycles. The van der Waals surface area contributed by atoms with Crippen LogP contribution >= 0.6 is 11.5 Å². The van der Waals surface area contributed by atoms with E-state index in [2.05, 4.69) is 4.37 Å². The Bertz CT molecular complexity index is 317. The second-order valence-corrected chi connectivity index (χ2v) is 3.88. The van der Waals surface area contributed by atoms with E-state index in [4.69, 9.17) is 5.11 Å². The van der Waals surface area contributed by atoms with E-state index in [1.807, 2.05) is 48.7 Å². The highest BCUT2D eigenvalue weighted by molar-refractivity contribution is 7.03. The Hall–Kier alpha value is -1.19. The van der Waals surface area contributed by atoms with Crippen LogP contribution in [-0.4, -0.2) is 16.1 Å². The van der Waals surface area contributed by atoms with Crippen molar-refractivity contribution in [3.8, 4) is 0 Å². The lowest BCUT2D eigenvalue weighted by atomic mass is 10.0. The number of nitrogens with zero attached hydrogens (tertiary/aromatic N) is 1. The van der Waals surface area contributed by atoms with Crippen LogP contribution in [0.5, 0.6) is 0 Å². The summed E-state index contributed by atoms with van der Waals surface area (Å²) >= 11 is 1.46. The molecule has 1 atom stereocenters. The summed E-state index contributed by atoms with van der Waals surface area (Å²) in [5.74, 6) is 0.265. The molecule has 2 rings (SSSR count). The quantitative estimate of drug-likeness (QED) is 0.845. The molecule has 2 nitrogen and oxygen atoms in total. The zero-order valence-corrected chi connectivity index (χ0v) is 9.52. The Balaban J connectivity index is 0.000000187. The van der Waals surface area contributed by atoms with E-state index in [1.54, 1.807) is 6.20 Å². The predicted molar refractivity (Wildman–Crippen MR) is 64.1 cm³/mol. The van der Waals surface area contributed by atoms with E-state index < -0.39 is 0 Å². The van der Waals surface area contributed by atoms with Gasteiger partial charge in [-0.25, -0.2) is 4.37 Å². The van der Waals surface area contributed by atoms with Crippen LogP contribution in [-0.2, 0) is 0 Å². The van der Waals surface area contributed by atoms with Gasteiger partial charge in [-0.05, 0) is 23.2 Å². The number of benzene rings is 1. The minimum absolute atomic E-state index is 0.226. The lowest BCUT2D eigenvalue weighted by Crippen LogP contribution is -1.97. The van der Waals surface area contributed by atoms with E-state index in [9.17, 15) is 0 Å². The molecule has 1 aromatic heterocycles. The first kappa shape index (κ1) is 11.9. The van der Waals surface area contributed by atoms with Crippen molar-refractivity contribution in [1.29, 1.82) is 0 Å². The Morgan fingerprint density at radius 3 is 2.40 bits per heavy atom. The molecule has 3 heteroatoms. The fraction of sp³-hybridized carbons (Fsp3) is 0.250. The minimum atomic E-state index is 0.226. The molecule has 0 saturated carbocycles. The van der Waals surface area contributed by atoms with Crippen molar-refractivity contribution in [3.05, 3.63) is 53.5 Å². The van der Waals surface area contributed by atoms with Crippen LogP contribution in [0.3, 0.4) is 0 Å². The molecule has 0 radical (unpaired) electrons. The van der Waals surface area contributed by atoms with Gasteiger partial charge < -0.3 is 5.11 Å². The zero-order chi connectivity index (χ0) is 10.9. The van der Waals surface area contributed by atoms with Crippen molar-refractivity contribution in [2.75, 3.05) is 6.61 Å². The van der Waals surface area contributed by atoms with Gasteiger partial charge in [-0.15, -0.1) is 0 Å². The van der Waals surface area contributed by atoms with E-state index in [0.29, 0.717) is 0 Å². The van der Waals surface area contributed by atoms with Crippen LogP contribution in [0.4, 0.5) is 0 Å². The molecule has 0 amide bonds. The minimum Gasteiger partial charge on any atom is -0.396 e. The zero-order valence-electron chi connectivity index (χ0n) is 8.71. The molecular formula is C12H15NOS. The maximum Gasteiger partial charge on any atom is 0.0497 e. The van der Waals surface area contributed by atoms with Gasteiger partial charge in [0.15, 0.2) is 0 Å². The lowest BCUT2D eigenvalue weighted by Gasteiger charge is -2.05. The molecular weight excluding hydrogens is 206 g/mol. The fourth-order valence-electron chi connectivity index (χ4n) is 1.06. The summed E-state index contributed by atoms with van der Waals surface area (Å²) in [6, 6.07) is 11.9. The Labute approximate surface area is 94.4 Å². The average molecular weight is 221 g/mol. The summed E-state index contributed by atoms with van der Waals surface area (Å²) < 4.78 is 3.76. The topological polar surface area (TPSA) is 33.1 Å². The number of hydrogen-bond donors (Lipinski definition) is 1. The number of aromatic nitrogens is 1. The van der Waals surface area contributed by atoms with E-state index in [0.717, 1.165) is 0 Å². The number of aliphatic hydroxyl groups excluding tert-OH is 1. The van der Waals surface area contributed by atoms with Gasteiger partial charge in [0, 0.05) is 24.1 Å². The second-order valence-electron chi connectivity index (χ2n) is 3.18. The number of hydrogen-bond acceptors (Lipinski definition) is 3. The van der Waals surface area contributed by atoms with E-state index >= 15 is 0 Å². The predicted octanol–water partition coefficient (Wildman–Crippen LogP) is 2.93. The van der Waals surface area contributed by atoms with Crippen molar-refractivity contribution in [3.63, 3.8) is 0 Å². The van der Waals surface area contributed by atoms with Crippen LogP contribution in [0.25, 0.3) is 0 Å². The van der Waals surface area contributed by atoms with Crippen LogP contribution in [0.1, 0.15) is 18.4 Å². The van der Waals surface area contributed by atoms with Crippen LogP contribution in [0.2, 0.25) is 0 Å². The second kappa shape index (κ2) is 7.15. The van der Waals surface area contributed by atoms with Crippen molar-refractivity contribution >= 4 is 11.5 Å². The molecule has 1 N–H and O–H groups in total. The maximum atomic E-state index is 8.79. The largest absolute Gasteiger partial charge is 0.396 e. The van der Waals surface area contributed by atoms with Gasteiger partial charge >= 0.3 is 0 Å². The third-order valence-corrected chi connectivity index (χ3v) is 2.51. The molecule has 1 unspecified atom stereocenters. The van der Waals surface area contributed by atoms with Crippen LogP contribution < -0.4 is 0 Å². The first-order chi connectivity index (χ1) is 7.34. The van der Waals surface area contributed by atoms with Crippen LogP contribution in [0.15, 0.2) is 48.0 Å².